The molecule has 160 valence electrons. The molecule has 0 spiro atoms. The van der Waals surface area contributed by atoms with Crippen molar-refractivity contribution in [3.05, 3.63) is 78.9 Å². The zero-order chi connectivity index (χ0) is 22.3. The number of ether oxygens (including phenoxy) is 1. The minimum atomic E-state index is -0.265. The molecule has 0 saturated heterocycles. The molecule has 1 N–H and O–H groups in total. The van der Waals surface area contributed by atoms with Gasteiger partial charge < -0.3 is 9.72 Å². The number of nitrogens with one attached hydrogen (secondary N) is 1. The van der Waals surface area contributed by atoms with Crippen LogP contribution in [-0.4, -0.2) is 26.9 Å². The molecule has 0 aliphatic rings. The molecule has 0 saturated carbocycles. The minimum Gasteiger partial charge on any atom is -0.497 e. The van der Waals surface area contributed by atoms with Crippen molar-refractivity contribution in [3.8, 4) is 11.4 Å². The number of fused-ring (bicyclic) bond motifs is 1. The van der Waals surface area contributed by atoms with Gasteiger partial charge in [0.15, 0.2) is 5.65 Å². The fraction of sp³-hybridized carbons (Fsp3) is 0.227. The van der Waals surface area contributed by atoms with Crippen molar-refractivity contribution in [1.29, 1.82) is 0 Å². The van der Waals surface area contributed by atoms with E-state index < -0.39 is 0 Å². The van der Waals surface area contributed by atoms with Crippen LogP contribution in [0.1, 0.15) is 36.8 Å². The lowest BCUT2D eigenvalue weighted by atomic mass is 10.1. The summed E-state index contributed by atoms with van der Waals surface area (Å²) in [5.74, 6) is 1.21. The average molecular weight is 478 g/mol. The molecule has 2 heterocycles. The second-order valence-electron chi connectivity index (χ2n) is 7.41. The van der Waals surface area contributed by atoms with E-state index in [1.807, 2.05) is 38.1 Å². The van der Waals surface area contributed by atoms with Gasteiger partial charge in [-0.1, -0.05) is 60.8 Å². The molecule has 6 nitrogen and oxygen atoms in total. The Labute approximate surface area is 193 Å². The van der Waals surface area contributed by atoms with Crippen LogP contribution >= 0.6 is 34.8 Å². The number of halogens is 3. The van der Waals surface area contributed by atoms with Gasteiger partial charge >= 0.3 is 0 Å². The highest BCUT2D eigenvalue weighted by Gasteiger charge is 2.23. The molecule has 9 heteroatoms. The van der Waals surface area contributed by atoms with Gasteiger partial charge in [-0.05, 0) is 35.7 Å². The monoisotopic (exact) mass is 476 g/mol. The number of hydrogen-bond donors (Lipinski definition) is 1. The second kappa shape index (κ2) is 8.54. The van der Waals surface area contributed by atoms with Gasteiger partial charge in [-0.2, -0.15) is 5.10 Å². The first-order valence-corrected chi connectivity index (χ1v) is 10.7. The van der Waals surface area contributed by atoms with Crippen LogP contribution in [-0.2, 0) is 6.42 Å². The molecule has 4 aromatic rings. The molecule has 0 radical (unpaired) electrons. The SMILES string of the molecule is COc1cccc(Cc2nc3c(c(C(C)C)nn3-c3c(Cl)cc(Cl)cc3Cl)c(=O)[nH]2)c1. The lowest BCUT2D eigenvalue weighted by molar-refractivity contribution is 0.414. The van der Waals surface area contributed by atoms with Gasteiger partial charge in [-0.15, -0.1) is 0 Å². The Morgan fingerprint density at radius 3 is 2.48 bits per heavy atom. The lowest BCUT2D eigenvalue weighted by Gasteiger charge is -2.09. The first kappa shape index (κ1) is 21.7. The number of aromatic amines is 1. The van der Waals surface area contributed by atoms with Gasteiger partial charge in [-0.25, -0.2) is 9.67 Å². The number of methoxy groups -OCH3 is 1. The maximum atomic E-state index is 13.0. The van der Waals surface area contributed by atoms with Crippen LogP contribution in [0.2, 0.25) is 15.1 Å². The summed E-state index contributed by atoms with van der Waals surface area (Å²) in [5, 5.41) is 6.09. The highest BCUT2D eigenvalue weighted by Crippen LogP contribution is 2.34. The maximum Gasteiger partial charge on any atom is 0.262 e. The van der Waals surface area contributed by atoms with Crippen LogP contribution < -0.4 is 10.3 Å². The summed E-state index contributed by atoms with van der Waals surface area (Å²) in [6, 6.07) is 10.7. The fourth-order valence-corrected chi connectivity index (χ4v) is 4.43. The summed E-state index contributed by atoms with van der Waals surface area (Å²) in [7, 11) is 1.61. The van der Waals surface area contributed by atoms with Crippen LogP contribution in [0.15, 0.2) is 41.2 Å². The molecule has 0 unspecified atom stereocenters. The van der Waals surface area contributed by atoms with Gasteiger partial charge in [0.2, 0.25) is 0 Å². The van der Waals surface area contributed by atoms with Gasteiger partial charge in [0.05, 0.1) is 22.8 Å². The normalized spacial score (nSPS) is 11.5. The Bertz CT molecular complexity index is 1320. The van der Waals surface area contributed by atoms with E-state index in [-0.39, 0.29) is 11.5 Å². The van der Waals surface area contributed by atoms with Crippen molar-refractivity contribution < 1.29 is 4.74 Å². The molecule has 4 rings (SSSR count). The van der Waals surface area contributed by atoms with Gasteiger partial charge in [0.25, 0.3) is 5.56 Å². The standard InChI is InChI=1S/C22H19Cl3N4O2/c1-11(2)19-18-21(29(28-19)20-15(24)9-13(23)10-16(20)25)26-17(27-22(18)30)8-12-5-4-6-14(7-12)31-3/h4-7,9-11H,8H2,1-3H3,(H,26,27,30). The van der Waals surface area contributed by atoms with E-state index in [2.05, 4.69) is 10.1 Å². The van der Waals surface area contributed by atoms with E-state index in [1.165, 1.54) is 4.68 Å². The van der Waals surface area contributed by atoms with E-state index >= 15 is 0 Å². The molecule has 2 aromatic carbocycles. The first-order valence-electron chi connectivity index (χ1n) is 9.58. The summed E-state index contributed by atoms with van der Waals surface area (Å²) in [6.07, 6.45) is 0.409. The molecule has 0 aliphatic heterocycles. The maximum absolute atomic E-state index is 13.0. The third-order valence-corrected chi connectivity index (χ3v) is 5.65. The molecular weight excluding hydrogens is 459 g/mol. The topological polar surface area (TPSA) is 72.8 Å². The van der Waals surface area contributed by atoms with E-state index in [0.717, 1.165) is 11.3 Å². The van der Waals surface area contributed by atoms with Crippen molar-refractivity contribution in [1.82, 2.24) is 19.7 Å². The minimum absolute atomic E-state index is 0.0132. The number of hydrogen-bond acceptors (Lipinski definition) is 4. The third kappa shape index (κ3) is 4.15. The molecule has 31 heavy (non-hydrogen) atoms. The van der Waals surface area contributed by atoms with Crippen LogP contribution in [0.5, 0.6) is 5.75 Å². The van der Waals surface area contributed by atoms with E-state index in [0.29, 0.717) is 49.7 Å². The van der Waals surface area contributed by atoms with Crippen LogP contribution in [0, 0.1) is 0 Å². The number of H-pyrrole nitrogens is 1. The van der Waals surface area contributed by atoms with Crippen LogP contribution in [0.25, 0.3) is 16.7 Å². The van der Waals surface area contributed by atoms with E-state index in [9.17, 15) is 4.79 Å². The van der Waals surface area contributed by atoms with E-state index in [1.54, 1.807) is 19.2 Å². The fourth-order valence-electron chi connectivity index (χ4n) is 3.45. The third-order valence-electron chi connectivity index (χ3n) is 4.86. The zero-order valence-electron chi connectivity index (χ0n) is 17.0. The van der Waals surface area contributed by atoms with Crippen molar-refractivity contribution in [2.45, 2.75) is 26.2 Å². The molecule has 0 atom stereocenters. The quantitative estimate of drug-likeness (QED) is 0.395. The van der Waals surface area contributed by atoms with Crippen LogP contribution in [0.4, 0.5) is 0 Å². The number of rotatable bonds is 5. The van der Waals surface area contributed by atoms with Gasteiger partial charge in [-0.3, -0.25) is 4.79 Å². The summed E-state index contributed by atoms with van der Waals surface area (Å²) in [6.45, 7) is 3.92. The molecule has 0 amide bonds. The molecule has 0 bridgehead atoms. The van der Waals surface area contributed by atoms with Crippen molar-refractivity contribution >= 4 is 45.8 Å². The van der Waals surface area contributed by atoms with E-state index in [4.69, 9.17) is 44.5 Å². The largest absolute Gasteiger partial charge is 0.497 e. The Kier molecular flexibility index (Phi) is 5.97. The van der Waals surface area contributed by atoms with Crippen molar-refractivity contribution in [2.24, 2.45) is 0 Å². The first-order chi connectivity index (χ1) is 14.8. The summed E-state index contributed by atoms with van der Waals surface area (Å²) < 4.78 is 6.81. The molecular formula is C22H19Cl3N4O2. The molecule has 2 aromatic heterocycles. The van der Waals surface area contributed by atoms with Crippen molar-refractivity contribution in [3.63, 3.8) is 0 Å². The predicted molar refractivity (Wildman–Crippen MR) is 124 cm³/mol. The number of benzene rings is 2. The zero-order valence-corrected chi connectivity index (χ0v) is 19.3. The predicted octanol–water partition coefficient (Wildman–Crippen LogP) is 5.79. The lowest BCUT2D eigenvalue weighted by Crippen LogP contribution is -2.14. The Balaban J connectivity index is 1.94. The summed E-state index contributed by atoms with van der Waals surface area (Å²) in [5.41, 5.74) is 2.10. The van der Waals surface area contributed by atoms with Gasteiger partial charge in [0.1, 0.15) is 22.6 Å². The summed E-state index contributed by atoms with van der Waals surface area (Å²) >= 11 is 19.0. The van der Waals surface area contributed by atoms with Crippen LogP contribution in [0.3, 0.4) is 0 Å². The Morgan fingerprint density at radius 1 is 1.13 bits per heavy atom. The Hall–Kier alpha value is -2.54. The average Bonchev–Trinajstić information content (AvgIpc) is 3.07. The smallest absolute Gasteiger partial charge is 0.262 e. The van der Waals surface area contributed by atoms with Gasteiger partial charge in [0, 0.05) is 11.4 Å². The molecule has 0 fully saturated rings. The Morgan fingerprint density at radius 2 is 1.84 bits per heavy atom. The number of nitrogens with zero attached hydrogens (tertiary/aromatic N) is 3. The summed E-state index contributed by atoms with van der Waals surface area (Å²) in [4.78, 5) is 20.7. The van der Waals surface area contributed by atoms with Crippen molar-refractivity contribution in [2.75, 3.05) is 7.11 Å². The molecule has 0 aliphatic carbocycles. The second-order valence-corrected chi connectivity index (χ2v) is 8.66. The highest BCUT2D eigenvalue weighted by molar-refractivity contribution is 6.40. The highest BCUT2D eigenvalue weighted by atomic mass is 35.5. The number of aromatic nitrogens is 4.